The zero-order valence-corrected chi connectivity index (χ0v) is 10.5. The van der Waals surface area contributed by atoms with Gasteiger partial charge in [0.2, 0.25) is 5.91 Å². The summed E-state index contributed by atoms with van der Waals surface area (Å²) in [6.45, 7) is 2.30. The van der Waals surface area contributed by atoms with Crippen molar-refractivity contribution < 1.29 is 9.59 Å². The van der Waals surface area contributed by atoms with E-state index >= 15 is 0 Å². The van der Waals surface area contributed by atoms with Crippen molar-refractivity contribution in [2.24, 2.45) is 0 Å². The van der Waals surface area contributed by atoms with Crippen molar-refractivity contribution >= 4 is 23.4 Å². The highest BCUT2D eigenvalue weighted by Gasteiger charge is 2.16. The van der Waals surface area contributed by atoms with Crippen LogP contribution in [0.4, 0.5) is 0 Å². The Hall–Kier alpha value is -1.62. The maximum absolute atomic E-state index is 12.0. The SMILES string of the molecule is CCN(CC(=O)NC)C(=O)c1ccc(Cl)nc1. The van der Waals surface area contributed by atoms with Crippen molar-refractivity contribution in [3.05, 3.63) is 29.0 Å². The van der Waals surface area contributed by atoms with E-state index in [1.807, 2.05) is 6.92 Å². The molecule has 1 heterocycles. The van der Waals surface area contributed by atoms with Crippen LogP contribution in [0, 0.1) is 0 Å². The zero-order chi connectivity index (χ0) is 12.8. The van der Waals surface area contributed by atoms with E-state index in [9.17, 15) is 9.59 Å². The Kier molecular flexibility index (Phi) is 4.90. The molecule has 0 atom stereocenters. The molecule has 5 nitrogen and oxygen atoms in total. The number of amides is 2. The molecule has 17 heavy (non-hydrogen) atoms. The lowest BCUT2D eigenvalue weighted by Gasteiger charge is -2.19. The van der Waals surface area contributed by atoms with E-state index in [2.05, 4.69) is 10.3 Å². The summed E-state index contributed by atoms with van der Waals surface area (Å²) in [5, 5.41) is 2.81. The van der Waals surface area contributed by atoms with E-state index in [1.165, 1.54) is 18.1 Å². The van der Waals surface area contributed by atoms with Crippen molar-refractivity contribution in [3.63, 3.8) is 0 Å². The van der Waals surface area contributed by atoms with E-state index in [0.717, 1.165) is 0 Å². The van der Waals surface area contributed by atoms with Crippen LogP contribution in [-0.4, -0.2) is 41.8 Å². The number of pyridine rings is 1. The number of nitrogens with one attached hydrogen (secondary N) is 1. The average molecular weight is 256 g/mol. The molecule has 0 radical (unpaired) electrons. The Labute approximate surface area is 105 Å². The van der Waals surface area contributed by atoms with Gasteiger partial charge in [0.25, 0.3) is 5.91 Å². The van der Waals surface area contributed by atoms with E-state index in [4.69, 9.17) is 11.6 Å². The van der Waals surface area contributed by atoms with Gasteiger partial charge in [-0.15, -0.1) is 0 Å². The maximum Gasteiger partial charge on any atom is 0.255 e. The lowest BCUT2D eigenvalue weighted by Crippen LogP contribution is -2.39. The molecule has 0 aliphatic carbocycles. The summed E-state index contributed by atoms with van der Waals surface area (Å²) >= 11 is 5.64. The van der Waals surface area contributed by atoms with Gasteiger partial charge in [-0.3, -0.25) is 9.59 Å². The molecule has 0 saturated carbocycles. The van der Waals surface area contributed by atoms with Gasteiger partial charge in [-0.2, -0.15) is 0 Å². The van der Waals surface area contributed by atoms with Crippen LogP contribution >= 0.6 is 11.6 Å². The van der Waals surface area contributed by atoms with Gasteiger partial charge in [-0.05, 0) is 19.1 Å². The first-order chi connectivity index (χ1) is 8.08. The van der Waals surface area contributed by atoms with Crippen molar-refractivity contribution in [3.8, 4) is 0 Å². The first-order valence-corrected chi connectivity index (χ1v) is 5.57. The Morgan fingerprint density at radius 3 is 2.65 bits per heavy atom. The normalized spacial score (nSPS) is 9.82. The zero-order valence-electron chi connectivity index (χ0n) is 9.74. The Morgan fingerprint density at radius 1 is 1.47 bits per heavy atom. The van der Waals surface area contributed by atoms with Crippen molar-refractivity contribution in [1.82, 2.24) is 15.2 Å². The summed E-state index contributed by atoms with van der Waals surface area (Å²) < 4.78 is 0. The minimum atomic E-state index is -0.236. The minimum absolute atomic E-state index is 0.0362. The molecule has 2 amide bonds. The van der Waals surface area contributed by atoms with Gasteiger partial charge in [0.15, 0.2) is 0 Å². The van der Waals surface area contributed by atoms with Crippen LogP contribution in [-0.2, 0) is 4.79 Å². The molecule has 0 fully saturated rings. The van der Waals surface area contributed by atoms with Crippen molar-refractivity contribution in [2.45, 2.75) is 6.92 Å². The molecule has 92 valence electrons. The number of halogens is 1. The lowest BCUT2D eigenvalue weighted by atomic mass is 10.2. The van der Waals surface area contributed by atoms with E-state index in [-0.39, 0.29) is 18.4 Å². The minimum Gasteiger partial charge on any atom is -0.358 e. The molecule has 0 aromatic carbocycles. The number of likely N-dealkylation sites (N-methyl/N-ethyl adjacent to an activating group) is 2. The topological polar surface area (TPSA) is 62.3 Å². The van der Waals surface area contributed by atoms with Crippen LogP contribution in [0.3, 0.4) is 0 Å². The van der Waals surface area contributed by atoms with Crippen LogP contribution < -0.4 is 5.32 Å². The summed E-state index contributed by atoms with van der Waals surface area (Å²) in [4.78, 5) is 28.5. The molecular formula is C11H14ClN3O2. The lowest BCUT2D eigenvalue weighted by molar-refractivity contribution is -0.121. The van der Waals surface area contributed by atoms with Crippen molar-refractivity contribution in [2.75, 3.05) is 20.1 Å². The third-order valence-corrected chi connectivity index (χ3v) is 2.48. The van der Waals surface area contributed by atoms with Gasteiger partial charge in [0.1, 0.15) is 5.15 Å². The number of rotatable bonds is 4. The standard InChI is InChI=1S/C11H14ClN3O2/c1-3-15(7-10(16)13-2)11(17)8-4-5-9(12)14-6-8/h4-6H,3,7H2,1-2H3,(H,13,16). The Bertz CT molecular complexity index is 406. The monoisotopic (exact) mass is 255 g/mol. The summed E-state index contributed by atoms with van der Waals surface area (Å²) in [5.74, 6) is -0.442. The Balaban J connectivity index is 2.78. The van der Waals surface area contributed by atoms with Crippen LogP contribution in [0.25, 0.3) is 0 Å². The predicted octanol–water partition coefficient (Wildman–Crippen LogP) is 0.943. The number of hydrogen-bond donors (Lipinski definition) is 1. The average Bonchev–Trinajstić information content (AvgIpc) is 2.35. The highest BCUT2D eigenvalue weighted by molar-refractivity contribution is 6.29. The van der Waals surface area contributed by atoms with Gasteiger partial charge in [-0.25, -0.2) is 4.98 Å². The first kappa shape index (κ1) is 13.4. The van der Waals surface area contributed by atoms with Crippen LogP contribution in [0.5, 0.6) is 0 Å². The quantitative estimate of drug-likeness (QED) is 0.815. The molecule has 1 aromatic heterocycles. The second kappa shape index (κ2) is 6.20. The van der Waals surface area contributed by atoms with Gasteiger partial charge in [0.05, 0.1) is 12.1 Å². The molecular weight excluding hydrogens is 242 g/mol. The van der Waals surface area contributed by atoms with E-state index < -0.39 is 0 Å². The molecule has 1 N–H and O–H groups in total. The molecule has 0 aliphatic heterocycles. The predicted molar refractivity (Wildman–Crippen MR) is 64.9 cm³/mol. The van der Waals surface area contributed by atoms with Crippen LogP contribution in [0.15, 0.2) is 18.3 Å². The molecule has 1 rings (SSSR count). The first-order valence-electron chi connectivity index (χ1n) is 5.20. The summed E-state index contributed by atoms with van der Waals surface area (Å²) in [5.41, 5.74) is 0.417. The Morgan fingerprint density at radius 2 is 2.18 bits per heavy atom. The number of hydrogen-bond acceptors (Lipinski definition) is 3. The smallest absolute Gasteiger partial charge is 0.255 e. The number of nitrogens with zero attached hydrogens (tertiary/aromatic N) is 2. The second-order valence-electron chi connectivity index (χ2n) is 3.36. The van der Waals surface area contributed by atoms with Gasteiger partial charge in [0, 0.05) is 19.8 Å². The van der Waals surface area contributed by atoms with Gasteiger partial charge in [-0.1, -0.05) is 11.6 Å². The number of carbonyl (C=O) groups is 2. The van der Waals surface area contributed by atoms with E-state index in [1.54, 1.807) is 12.1 Å². The largest absolute Gasteiger partial charge is 0.358 e. The molecule has 0 saturated heterocycles. The number of carbonyl (C=O) groups excluding carboxylic acids is 2. The fourth-order valence-electron chi connectivity index (χ4n) is 1.26. The molecule has 0 aliphatic rings. The molecule has 0 unspecified atom stereocenters. The maximum atomic E-state index is 12.0. The highest BCUT2D eigenvalue weighted by atomic mass is 35.5. The molecule has 0 bridgehead atoms. The third-order valence-electron chi connectivity index (χ3n) is 2.26. The van der Waals surface area contributed by atoms with Crippen LogP contribution in [0.1, 0.15) is 17.3 Å². The summed E-state index contributed by atoms with van der Waals surface area (Å²) in [6.07, 6.45) is 1.40. The fraction of sp³-hybridized carbons (Fsp3) is 0.364. The van der Waals surface area contributed by atoms with Crippen molar-refractivity contribution in [1.29, 1.82) is 0 Å². The molecule has 6 heteroatoms. The summed E-state index contributed by atoms with van der Waals surface area (Å²) in [6, 6.07) is 3.13. The van der Waals surface area contributed by atoms with Gasteiger partial charge >= 0.3 is 0 Å². The van der Waals surface area contributed by atoms with E-state index in [0.29, 0.717) is 17.3 Å². The fourth-order valence-corrected chi connectivity index (χ4v) is 1.38. The number of aromatic nitrogens is 1. The highest BCUT2D eigenvalue weighted by Crippen LogP contribution is 2.08. The van der Waals surface area contributed by atoms with Crippen LogP contribution in [0.2, 0.25) is 5.15 Å². The summed E-state index contributed by atoms with van der Waals surface area (Å²) in [7, 11) is 1.53. The molecule has 1 aromatic rings. The van der Waals surface area contributed by atoms with Gasteiger partial charge < -0.3 is 10.2 Å². The molecule has 0 spiro atoms. The second-order valence-corrected chi connectivity index (χ2v) is 3.75. The third kappa shape index (κ3) is 3.71.